The summed E-state index contributed by atoms with van der Waals surface area (Å²) in [5.74, 6) is -0.0426. The van der Waals surface area contributed by atoms with Crippen molar-refractivity contribution in [3.63, 3.8) is 0 Å². The normalized spacial score (nSPS) is 19.1. The molecule has 0 spiro atoms. The fourth-order valence-corrected chi connectivity index (χ4v) is 3.74. The molecule has 1 saturated heterocycles. The molecule has 0 saturated carbocycles. The fraction of sp³-hybridized carbons (Fsp3) is 0.333. The number of nitrogens with zero attached hydrogens (tertiary/aromatic N) is 1. The third-order valence-corrected chi connectivity index (χ3v) is 5.47. The number of hydrogen-bond acceptors (Lipinski definition) is 3. The molecule has 0 N–H and O–H groups in total. The Bertz CT molecular complexity index is 553. The van der Waals surface area contributed by atoms with Gasteiger partial charge in [0.25, 0.3) is 0 Å². The van der Waals surface area contributed by atoms with Crippen LogP contribution in [-0.2, 0) is 9.59 Å². The van der Waals surface area contributed by atoms with Crippen molar-refractivity contribution in [2.75, 3.05) is 11.4 Å². The highest BCUT2D eigenvalue weighted by Crippen LogP contribution is 2.40. The van der Waals surface area contributed by atoms with E-state index in [2.05, 4.69) is 15.9 Å². The number of halogens is 3. The summed E-state index contributed by atoms with van der Waals surface area (Å²) in [7, 11) is 0. The average Bonchev–Trinajstić information content (AvgIpc) is 2.66. The number of rotatable bonds is 2. The van der Waals surface area contributed by atoms with Gasteiger partial charge < -0.3 is 4.90 Å². The first-order chi connectivity index (χ1) is 8.90. The van der Waals surface area contributed by atoms with Crippen molar-refractivity contribution in [1.82, 2.24) is 0 Å². The van der Waals surface area contributed by atoms with Crippen LogP contribution in [0.3, 0.4) is 0 Å². The first kappa shape index (κ1) is 15.2. The van der Waals surface area contributed by atoms with E-state index in [0.29, 0.717) is 33.2 Å². The first-order valence-electron chi connectivity index (χ1n) is 5.51. The molecule has 102 valence electrons. The smallest absolute Gasteiger partial charge is 0.228 e. The molecule has 1 atom stereocenters. The average molecular weight is 383 g/mol. The van der Waals surface area contributed by atoms with Crippen molar-refractivity contribution in [1.29, 1.82) is 0 Å². The quantitative estimate of drug-likeness (QED) is 0.721. The lowest BCUT2D eigenvalue weighted by atomic mass is 10.3. The highest BCUT2D eigenvalue weighted by molar-refractivity contribution is 9.10. The van der Waals surface area contributed by atoms with Gasteiger partial charge in [-0.25, -0.2) is 0 Å². The van der Waals surface area contributed by atoms with Crippen molar-refractivity contribution in [2.45, 2.75) is 18.6 Å². The monoisotopic (exact) mass is 381 g/mol. The summed E-state index contributed by atoms with van der Waals surface area (Å²) in [5.41, 5.74) is 0.589. The summed E-state index contributed by atoms with van der Waals surface area (Å²) in [6.45, 7) is 1.97. The minimum atomic E-state index is -0.0426. The number of hydrogen-bond donors (Lipinski definition) is 0. The molecule has 0 aromatic heterocycles. The zero-order chi connectivity index (χ0) is 14.2. The van der Waals surface area contributed by atoms with Crippen LogP contribution in [-0.4, -0.2) is 22.8 Å². The molecular formula is C12H10BrCl2NO2S. The maximum atomic E-state index is 12.0. The molecule has 0 aliphatic carbocycles. The van der Waals surface area contributed by atoms with Crippen LogP contribution in [0.25, 0.3) is 0 Å². The van der Waals surface area contributed by atoms with E-state index >= 15 is 0 Å². The van der Waals surface area contributed by atoms with Gasteiger partial charge in [0, 0.05) is 29.6 Å². The van der Waals surface area contributed by atoms with Gasteiger partial charge in [0.2, 0.25) is 5.91 Å². The maximum absolute atomic E-state index is 12.0. The van der Waals surface area contributed by atoms with Gasteiger partial charge in [-0.2, -0.15) is 0 Å². The molecular weight excluding hydrogens is 373 g/mol. The third kappa shape index (κ3) is 3.27. The Balaban J connectivity index is 2.26. The molecule has 1 aromatic rings. The molecule has 19 heavy (non-hydrogen) atoms. The lowest BCUT2D eigenvalue weighted by Crippen LogP contribution is -2.25. The topological polar surface area (TPSA) is 37.4 Å². The second-order valence-corrected chi connectivity index (χ2v) is 7.22. The van der Waals surface area contributed by atoms with Crippen molar-refractivity contribution < 1.29 is 9.59 Å². The number of carbonyl (C=O) groups is 2. The number of anilines is 1. The largest absolute Gasteiger partial charge is 0.310 e. The van der Waals surface area contributed by atoms with Crippen molar-refractivity contribution in [3.05, 3.63) is 26.7 Å². The van der Waals surface area contributed by atoms with Gasteiger partial charge in [-0.15, -0.1) is 0 Å². The number of thioether (sulfide) groups is 1. The molecule has 1 unspecified atom stereocenters. The van der Waals surface area contributed by atoms with Crippen molar-refractivity contribution in [3.8, 4) is 0 Å². The van der Waals surface area contributed by atoms with Crippen LogP contribution in [0.2, 0.25) is 10.0 Å². The summed E-state index contributed by atoms with van der Waals surface area (Å²) in [6, 6.07) is 3.50. The van der Waals surface area contributed by atoms with E-state index < -0.39 is 0 Å². The van der Waals surface area contributed by atoms with Crippen molar-refractivity contribution >= 4 is 67.6 Å². The summed E-state index contributed by atoms with van der Waals surface area (Å²) in [6.07, 6.45) is 0.342. The summed E-state index contributed by atoms with van der Waals surface area (Å²) < 4.78 is 0.684. The van der Waals surface area contributed by atoms with Crippen LogP contribution in [0.5, 0.6) is 0 Å². The van der Waals surface area contributed by atoms with Crippen LogP contribution in [0.4, 0.5) is 5.69 Å². The molecule has 3 nitrogen and oxygen atoms in total. The molecule has 1 fully saturated rings. The van der Waals surface area contributed by atoms with Gasteiger partial charge in [0.15, 0.2) is 5.12 Å². The third-order valence-electron chi connectivity index (χ3n) is 2.73. The number of amides is 1. The number of benzene rings is 1. The van der Waals surface area contributed by atoms with Gasteiger partial charge in [-0.1, -0.05) is 35.0 Å². The highest BCUT2D eigenvalue weighted by atomic mass is 79.9. The molecule has 2 rings (SSSR count). The van der Waals surface area contributed by atoms with Gasteiger partial charge in [0.1, 0.15) is 0 Å². The first-order valence-corrected chi connectivity index (χ1v) is 7.94. The van der Waals surface area contributed by atoms with Crippen LogP contribution >= 0.6 is 50.9 Å². The van der Waals surface area contributed by atoms with Crippen LogP contribution in [0.15, 0.2) is 16.6 Å². The van der Waals surface area contributed by atoms with Gasteiger partial charge in [-0.05, 0) is 28.1 Å². The van der Waals surface area contributed by atoms with E-state index in [1.807, 2.05) is 0 Å². The minimum absolute atomic E-state index is 0.0135. The van der Waals surface area contributed by atoms with Crippen LogP contribution in [0.1, 0.15) is 13.3 Å². The van der Waals surface area contributed by atoms with Crippen molar-refractivity contribution in [2.24, 2.45) is 0 Å². The Morgan fingerprint density at radius 3 is 2.74 bits per heavy atom. The van der Waals surface area contributed by atoms with E-state index in [0.717, 1.165) is 0 Å². The van der Waals surface area contributed by atoms with E-state index in [9.17, 15) is 9.59 Å². The summed E-state index contributed by atoms with van der Waals surface area (Å²) in [5, 5.41) is 0.718. The predicted octanol–water partition coefficient (Wildman–Crippen LogP) is 4.14. The van der Waals surface area contributed by atoms with Gasteiger partial charge in [0.05, 0.1) is 15.7 Å². The molecule has 1 aromatic carbocycles. The van der Waals surface area contributed by atoms with E-state index in [-0.39, 0.29) is 16.3 Å². The minimum Gasteiger partial charge on any atom is -0.310 e. The molecule has 0 radical (unpaired) electrons. The van der Waals surface area contributed by atoms with Crippen LogP contribution in [0, 0.1) is 0 Å². The van der Waals surface area contributed by atoms with E-state index in [1.165, 1.54) is 18.7 Å². The lowest BCUT2D eigenvalue weighted by Gasteiger charge is -2.19. The lowest BCUT2D eigenvalue weighted by molar-refractivity contribution is -0.117. The zero-order valence-electron chi connectivity index (χ0n) is 9.95. The Labute approximate surface area is 133 Å². The number of carbonyl (C=O) groups excluding carboxylic acids is 2. The Morgan fingerprint density at radius 1 is 1.42 bits per heavy atom. The SMILES string of the molecule is CC(=O)SC1CC(=O)N(c2ccc(Br)c(Cl)c2Cl)C1. The fourth-order valence-electron chi connectivity index (χ4n) is 1.95. The molecule has 1 aliphatic rings. The Kier molecular flexibility index (Phi) is 4.82. The van der Waals surface area contributed by atoms with Crippen LogP contribution < -0.4 is 4.90 Å². The van der Waals surface area contributed by atoms with E-state index in [4.69, 9.17) is 23.2 Å². The standard InChI is InChI=1S/C12H10BrCl2NO2S/c1-6(17)19-7-4-10(18)16(5-7)9-3-2-8(13)11(14)12(9)15/h2-3,7H,4-5H2,1H3. The molecule has 1 amide bonds. The van der Waals surface area contributed by atoms with E-state index in [1.54, 1.807) is 17.0 Å². The second kappa shape index (κ2) is 6.04. The Hall–Kier alpha value is -0.230. The highest BCUT2D eigenvalue weighted by Gasteiger charge is 2.33. The molecule has 7 heteroatoms. The zero-order valence-corrected chi connectivity index (χ0v) is 13.9. The maximum Gasteiger partial charge on any atom is 0.228 e. The van der Waals surface area contributed by atoms with Gasteiger partial charge >= 0.3 is 0 Å². The molecule has 1 aliphatic heterocycles. The molecule has 0 bridgehead atoms. The van der Waals surface area contributed by atoms with Gasteiger partial charge in [-0.3, -0.25) is 9.59 Å². The molecule has 1 heterocycles. The summed E-state index contributed by atoms with van der Waals surface area (Å²) in [4.78, 5) is 24.7. The predicted molar refractivity (Wildman–Crippen MR) is 83.2 cm³/mol. The second-order valence-electron chi connectivity index (χ2n) is 4.13. The Morgan fingerprint density at radius 2 is 2.11 bits per heavy atom. The summed E-state index contributed by atoms with van der Waals surface area (Å²) >= 11 is 16.7.